The highest BCUT2D eigenvalue weighted by atomic mass is 32.1. The van der Waals surface area contributed by atoms with Crippen molar-refractivity contribution >= 4 is 28.8 Å². The molecule has 1 N–H and O–H groups in total. The van der Waals surface area contributed by atoms with Crippen LogP contribution in [0.15, 0.2) is 66.0 Å². The highest BCUT2D eigenvalue weighted by Crippen LogP contribution is 2.36. The first-order valence-corrected chi connectivity index (χ1v) is 12.6. The number of hydrogen-bond donors (Lipinski definition) is 1. The Morgan fingerprint density at radius 2 is 1.92 bits per heavy atom. The third-order valence-electron chi connectivity index (χ3n) is 6.63. The van der Waals surface area contributed by atoms with Crippen molar-refractivity contribution in [1.29, 1.82) is 0 Å². The van der Waals surface area contributed by atoms with Gasteiger partial charge in [0.2, 0.25) is 5.91 Å². The zero-order valence-corrected chi connectivity index (χ0v) is 21.6. The van der Waals surface area contributed by atoms with Gasteiger partial charge in [-0.2, -0.15) is 5.10 Å². The zero-order chi connectivity index (χ0) is 25.4. The summed E-state index contributed by atoms with van der Waals surface area (Å²) < 4.78 is 6.90. The van der Waals surface area contributed by atoms with Crippen molar-refractivity contribution in [2.75, 3.05) is 12.0 Å². The molecular formula is C28H28N4O3S. The Morgan fingerprint density at radius 1 is 1.14 bits per heavy atom. The minimum Gasteiger partial charge on any atom is -0.497 e. The molecule has 36 heavy (non-hydrogen) atoms. The van der Waals surface area contributed by atoms with Crippen molar-refractivity contribution in [3.05, 3.63) is 88.4 Å². The Labute approximate surface area is 214 Å². The van der Waals surface area contributed by atoms with Gasteiger partial charge in [-0.15, -0.1) is 11.3 Å². The Balaban J connectivity index is 1.53. The largest absolute Gasteiger partial charge is 0.497 e. The number of aromatic nitrogens is 2. The van der Waals surface area contributed by atoms with Crippen LogP contribution < -0.4 is 15.0 Å². The van der Waals surface area contributed by atoms with Gasteiger partial charge in [0.15, 0.2) is 0 Å². The number of methoxy groups -OCH3 is 1. The van der Waals surface area contributed by atoms with Crippen molar-refractivity contribution < 1.29 is 14.3 Å². The Morgan fingerprint density at radius 3 is 2.61 bits per heavy atom. The van der Waals surface area contributed by atoms with Gasteiger partial charge in [-0.1, -0.05) is 30.3 Å². The Kier molecular flexibility index (Phi) is 6.14. The topological polar surface area (TPSA) is 76.5 Å². The first-order chi connectivity index (χ1) is 17.3. The first-order valence-electron chi connectivity index (χ1n) is 11.7. The average molecular weight is 501 g/mol. The van der Waals surface area contributed by atoms with E-state index in [0.717, 1.165) is 38.7 Å². The molecule has 0 spiro atoms. The van der Waals surface area contributed by atoms with E-state index in [4.69, 9.17) is 9.84 Å². The molecule has 1 aliphatic heterocycles. The van der Waals surface area contributed by atoms with Crippen LogP contribution in [0.25, 0.3) is 10.6 Å². The molecule has 1 unspecified atom stereocenters. The molecule has 8 heteroatoms. The molecule has 5 rings (SSSR count). The van der Waals surface area contributed by atoms with Crippen LogP contribution in [0.3, 0.4) is 0 Å². The summed E-state index contributed by atoms with van der Waals surface area (Å²) in [5.74, 6) is 0.266. The van der Waals surface area contributed by atoms with Crippen LogP contribution in [0, 0.1) is 13.8 Å². The molecule has 0 aliphatic carbocycles. The summed E-state index contributed by atoms with van der Waals surface area (Å²) in [5, 5.41) is 9.75. The predicted octanol–water partition coefficient (Wildman–Crippen LogP) is 4.97. The van der Waals surface area contributed by atoms with E-state index in [2.05, 4.69) is 5.32 Å². The van der Waals surface area contributed by atoms with Crippen molar-refractivity contribution in [2.24, 2.45) is 0 Å². The second kappa shape index (κ2) is 9.28. The summed E-state index contributed by atoms with van der Waals surface area (Å²) in [7, 11) is 1.62. The molecule has 0 radical (unpaired) electrons. The van der Waals surface area contributed by atoms with Crippen molar-refractivity contribution in [3.63, 3.8) is 0 Å². The van der Waals surface area contributed by atoms with Gasteiger partial charge in [0, 0.05) is 12.2 Å². The van der Waals surface area contributed by atoms with E-state index >= 15 is 0 Å². The Hall–Kier alpha value is -3.91. The normalized spacial score (nSPS) is 17.1. The lowest BCUT2D eigenvalue weighted by Gasteiger charge is -2.43. The third-order valence-corrected chi connectivity index (χ3v) is 7.53. The van der Waals surface area contributed by atoms with E-state index in [9.17, 15) is 9.59 Å². The van der Waals surface area contributed by atoms with Crippen LogP contribution in [0.1, 0.15) is 34.1 Å². The van der Waals surface area contributed by atoms with E-state index in [1.807, 2.05) is 86.8 Å². The lowest BCUT2D eigenvalue weighted by atomic mass is 9.92. The number of rotatable bonds is 6. The van der Waals surface area contributed by atoms with Gasteiger partial charge in [0.05, 0.1) is 18.5 Å². The average Bonchev–Trinajstić information content (AvgIpc) is 3.55. The van der Waals surface area contributed by atoms with E-state index in [-0.39, 0.29) is 18.4 Å². The number of nitrogens with zero attached hydrogens (tertiary/aromatic N) is 3. The summed E-state index contributed by atoms with van der Waals surface area (Å²) in [4.78, 5) is 30.4. The highest BCUT2D eigenvalue weighted by molar-refractivity contribution is 7.13. The molecule has 0 bridgehead atoms. The minimum atomic E-state index is -1.19. The number of amides is 2. The van der Waals surface area contributed by atoms with Gasteiger partial charge < -0.3 is 10.1 Å². The zero-order valence-electron chi connectivity index (χ0n) is 20.7. The van der Waals surface area contributed by atoms with Gasteiger partial charge in [0.25, 0.3) is 5.91 Å². The molecule has 2 amide bonds. The molecule has 0 saturated heterocycles. The van der Waals surface area contributed by atoms with Gasteiger partial charge in [-0.05, 0) is 73.2 Å². The molecule has 0 saturated carbocycles. The van der Waals surface area contributed by atoms with E-state index in [0.29, 0.717) is 12.2 Å². The first kappa shape index (κ1) is 23.8. The van der Waals surface area contributed by atoms with Gasteiger partial charge in [0.1, 0.15) is 22.7 Å². The highest BCUT2D eigenvalue weighted by Gasteiger charge is 2.49. The summed E-state index contributed by atoms with van der Waals surface area (Å²) in [6, 6.07) is 19.3. The molecule has 4 aromatic rings. The van der Waals surface area contributed by atoms with Crippen LogP contribution in [0.4, 0.5) is 5.69 Å². The van der Waals surface area contributed by atoms with Crippen molar-refractivity contribution in [3.8, 4) is 16.3 Å². The molecular weight excluding hydrogens is 472 g/mol. The Bertz CT molecular complexity index is 1430. The van der Waals surface area contributed by atoms with E-state index in [1.54, 1.807) is 28.0 Å². The SMILES string of the molecule is COc1ccc(CNC(=O)C2(C)Cn3nc(-c4cccs4)cc3C(=O)N2c2cc(C)ccc2C)cc1. The van der Waals surface area contributed by atoms with Gasteiger partial charge >= 0.3 is 0 Å². The maximum atomic E-state index is 14.0. The molecule has 0 fully saturated rings. The monoisotopic (exact) mass is 500 g/mol. The number of anilines is 1. The number of carbonyl (C=O) groups excluding carboxylic acids is 2. The third kappa shape index (κ3) is 4.18. The van der Waals surface area contributed by atoms with Crippen molar-refractivity contribution in [2.45, 2.75) is 39.4 Å². The number of hydrogen-bond acceptors (Lipinski definition) is 5. The van der Waals surface area contributed by atoms with Gasteiger partial charge in [-0.25, -0.2) is 0 Å². The molecule has 2 aromatic heterocycles. The molecule has 7 nitrogen and oxygen atoms in total. The van der Waals surface area contributed by atoms with Crippen LogP contribution in [0.5, 0.6) is 5.75 Å². The fraction of sp³-hybridized carbons (Fsp3) is 0.250. The molecule has 2 aromatic carbocycles. The summed E-state index contributed by atoms with van der Waals surface area (Å²) in [6.45, 7) is 6.32. The lowest BCUT2D eigenvalue weighted by Crippen LogP contribution is -2.64. The number of aryl methyl sites for hydroxylation is 2. The van der Waals surface area contributed by atoms with Gasteiger partial charge in [-0.3, -0.25) is 19.2 Å². The minimum absolute atomic E-state index is 0.237. The quantitative estimate of drug-likeness (QED) is 0.405. The number of ether oxygens (including phenoxy) is 1. The van der Waals surface area contributed by atoms with Crippen molar-refractivity contribution in [1.82, 2.24) is 15.1 Å². The maximum absolute atomic E-state index is 14.0. The number of carbonyl (C=O) groups is 2. The van der Waals surface area contributed by atoms with Crippen LogP contribution in [-0.2, 0) is 17.9 Å². The number of fused-ring (bicyclic) bond motifs is 1. The van der Waals surface area contributed by atoms with Crippen LogP contribution in [0.2, 0.25) is 0 Å². The fourth-order valence-corrected chi connectivity index (χ4v) is 5.26. The molecule has 3 heterocycles. The van der Waals surface area contributed by atoms with E-state index in [1.165, 1.54) is 0 Å². The predicted molar refractivity (Wildman–Crippen MR) is 142 cm³/mol. The molecule has 1 aliphatic rings. The lowest BCUT2D eigenvalue weighted by molar-refractivity contribution is -0.126. The number of thiophene rings is 1. The summed E-state index contributed by atoms with van der Waals surface area (Å²) >= 11 is 1.57. The summed E-state index contributed by atoms with van der Waals surface area (Å²) in [6.07, 6.45) is 0. The number of nitrogens with one attached hydrogen (secondary N) is 1. The maximum Gasteiger partial charge on any atom is 0.277 e. The van der Waals surface area contributed by atoms with E-state index < -0.39 is 5.54 Å². The molecule has 1 atom stereocenters. The summed E-state index contributed by atoms with van der Waals surface area (Å²) in [5.41, 5.74) is 3.63. The van der Waals surface area contributed by atoms with Crippen LogP contribution in [-0.4, -0.2) is 34.2 Å². The smallest absolute Gasteiger partial charge is 0.277 e. The van der Waals surface area contributed by atoms with Crippen LogP contribution >= 0.6 is 11.3 Å². The second-order valence-corrected chi connectivity index (χ2v) is 10.2. The molecule has 184 valence electrons. The fourth-order valence-electron chi connectivity index (χ4n) is 4.58. The standard InChI is InChI=1S/C28H28N4O3S/c1-18-7-8-19(2)23(14-18)32-26(33)24-15-22(25-6-5-13-36-25)30-31(24)17-28(32,3)27(34)29-16-20-9-11-21(35-4)12-10-20/h5-15H,16-17H2,1-4H3,(H,29,34). The number of benzene rings is 2. The second-order valence-electron chi connectivity index (χ2n) is 9.28.